The highest BCUT2D eigenvalue weighted by Crippen LogP contribution is 2.37. The molecule has 0 spiro atoms. The van der Waals surface area contributed by atoms with Crippen LogP contribution < -0.4 is 10.1 Å². The highest BCUT2D eigenvalue weighted by atomic mass is 35.5. The number of amides is 1. The largest absolute Gasteiger partial charge is 0.482 e. The minimum atomic E-state index is -4.23. The smallest absolute Gasteiger partial charge is 0.391 e. The van der Waals surface area contributed by atoms with Crippen LogP contribution in [0.3, 0.4) is 0 Å². The lowest BCUT2D eigenvalue weighted by Gasteiger charge is -2.31. The van der Waals surface area contributed by atoms with Gasteiger partial charge in [-0.3, -0.25) is 4.79 Å². The molecule has 1 saturated carbocycles. The molecule has 128 valence electrons. The molecule has 1 aliphatic rings. The fourth-order valence-electron chi connectivity index (χ4n) is 2.62. The Bertz CT molecular complexity index is 565. The molecule has 8 heteroatoms. The molecule has 2 rings (SSSR count). The van der Waals surface area contributed by atoms with Crippen LogP contribution in [0.5, 0.6) is 5.75 Å². The van der Waals surface area contributed by atoms with E-state index in [4.69, 9.17) is 16.3 Å². The molecule has 3 nitrogen and oxygen atoms in total. The van der Waals surface area contributed by atoms with Crippen LogP contribution in [0.4, 0.5) is 17.6 Å². The topological polar surface area (TPSA) is 38.3 Å². The molecule has 0 radical (unpaired) electrons. The number of carbonyl (C=O) groups is 1. The Morgan fingerprint density at radius 1 is 1.35 bits per heavy atom. The van der Waals surface area contributed by atoms with Gasteiger partial charge in [-0.15, -0.1) is 0 Å². The third-order valence-electron chi connectivity index (χ3n) is 3.75. The molecule has 1 aromatic carbocycles. The van der Waals surface area contributed by atoms with Crippen molar-refractivity contribution in [1.29, 1.82) is 0 Å². The summed E-state index contributed by atoms with van der Waals surface area (Å²) in [4.78, 5) is 11.8. The van der Waals surface area contributed by atoms with E-state index < -0.39 is 36.5 Å². The molecule has 0 aliphatic heterocycles. The number of halogens is 5. The van der Waals surface area contributed by atoms with Crippen molar-refractivity contribution in [1.82, 2.24) is 5.32 Å². The number of alkyl halides is 3. The van der Waals surface area contributed by atoms with Gasteiger partial charge in [-0.1, -0.05) is 18.0 Å². The Balaban J connectivity index is 1.82. The zero-order valence-corrected chi connectivity index (χ0v) is 12.9. The van der Waals surface area contributed by atoms with E-state index in [9.17, 15) is 22.4 Å². The summed E-state index contributed by atoms with van der Waals surface area (Å²) in [7, 11) is 0. The number of hydrogen-bond donors (Lipinski definition) is 1. The monoisotopic (exact) mass is 353 g/mol. The zero-order valence-electron chi connectivity index (χ0n) is 12.1. The molecule has 1 amide bonds. The molecule has 1 fully saturated rings. The molecule has 0 heterocycles. The van der Waals surface area contributed by atoms with Crippen LogP contribution in [-0.4, -0.2) is 24.7 Å². The fourth-order valence-corrected chi connectivity index (χ4v) is 2.84. The number of rotatable bonds is 4. The third kappa shape index (κ3) is 5.27. The van der Waals surface area contributed by atoms with Crippen molar-refractivity contribution in [3.63, 3.8) is 0 Å². The van der Waals surface area contributed by atoms with Gasteiger partial charge in [0.25, 0.3) is 5.91 Å². The van der Waals surface area contributed by atoms with E-state index in [1.165, 1.54) is 6.07 Å². The zero-order chi connectivity index (χ0) is 17.0. The standard InChI is InChI=1S/C15H16ClF4NO2/c16-12-7-10(17)4-5-13(12)23-8-14(22)21-11-3-1-2-9(6-11)15(18,19)20/h4-5,7,9,11H,1-3,6,8H2,(H,21,22)/t9-,11+/m0/s1. The van der Waals surface area contributed by atoms with Crippen LogP contribution in [0.15, 0.2) is 18.2 Å². The summed E-state index contributed by atoms with van der Waals surface area (Å²) >= 11 is 5.75. The van der Waals surface area contributed by atoms with E-state index in [2.05, 4.69) is 5.32 Å². The number of carbonyl (C=O) groups excluding carboxylic acids is 1. The summed E-state index contributed by atoms with van der Waals surface area (Å²) in [6.07, 6.45) is -3.33. The van der Waals surface area contributed by atoms with E-state index in [1.54, 1.807) is 0 Å². The third-order valence-corrected chi connectivity index (χ3v) is 4.05. The molecule has 2 atom stereocenters. The average molecular weight is 354 g/mol. The lowest BCUT2D eigenvalue weighted by atomic mass is 9.85. The highest BCUT2D eigenvalue weighted by molar-refractivity contribution is 6.32. The van der Waals surface area contributed by atoms with E-state index in [1.807, 2.05) is 0 Å². The second-order valence-electron chi connectivity index (χ2n) is 5.53. The molecular formula is C15H16ClF4NO2. The average Bonchev–Trinajstić information content (AvgIpc) is 2.45. The van der Waals surface area contributed by atoms with Crippen LogP contribution in [0.25, 0.3) is 0 Å². The van der Waals surface area contributed by atoms with Crippen LogP contribution in [0, 0.1) is 11.7 Å². The van der Waals surface area contributed by atoms with E-state index in [-0.39, 0.29) is 23.6 Å². The first-order chi connectivity index (χ1) is 10.8. The van der Waals surface area contributed by atoms with Crippen LogP contribution in [0.1, 0.15) is 25.7 Å². The number of ether oxygens (including phenoxy) is 1. The van der Waals surface area contributed by atoms with E-state index in [0.717, 1.165) is 12.1 Å². The second-order valence-corrected chi connectivity index (χ2v) is 5.94. The Kier molecular flexibility index (Phi) is 5.73. The number of benzene rings is 1. The quantitative estimate of drug-likeness (QED) is 0.828. The van der Waals surface area contributed by atoms with E-state index in [0.29, 0.717) is 12.8 Å². The Hall–Kier alpha value is -1.50. The molecule has 23 heavy (non-hydrogen) atoms. The van der Waals surface area contributed by atoms with Crippen molar-refractivity contribution in [3.05, 3.63) is 29.0 Å². The minimum absolute atomic E-state index is 0.0209. The summed E-state index contributed by atoms with van der Waals surface area (Å²) in [6.45, 7) is -0.390. The Morgan fingerprint density at radius 3 is 2.74 bits per heavy atom. The second kappa shape index (κ2) is 7.38. The first-order valence-corrected chi connectivity index (χ1v) is 7.57. The van der Waals surface area contributed by atoms with Crippen molar-refractivity contribution in [2.24, 2.45) is 5.92 Å². The Labute approximate surface area is 136 Å². The van der Waals surface area contributed by atoms with Crippen LogP contribution in [-0.2, 0) is 4.79 Å². The predicted molar refractivity (Wildman–Crippen MR) is 76.8 cm³/mol. The number of hydrogen-bond acceptors (Lipinski definition) is 2. The maximum Gasteiger partial charge on any atom is 0.391 e. The van der Waals surface area contributed by atoms with Crippen LogP contribution in [0.2, 0.25) is 5.02 Å². The fraction of sp³-hybridized carbons (Fsp3) is 0.533. The summed E-state index contributed by atoms with van der Waals surface area (Å²) < 4.78 is 56.2. The molecule has 1 aromatic rings. The normalized spacial score (nSPS) is 21.8. The van der Waals surface area contributed by atoms with Gasteiger partial charge in [-0.25, -0.2) is 4.39 Å². The first-order valence-electron chi connectivity index (χ1n) is 7.19. The SMILES string of the molecule is O=C(COc1ccc(F)cc1Cl)N[C@@H]1CCC[C@H](C(F)(F)F)C1. The minimum Gasteiger partial charge on any atom is -0.482 e. The van der Waals surface area contributed by atoms with Crippen molar-refractivity contribution in [2.75, 3.05) is 6.61 Å². The lowest BCUT2D eigenvalue weighted by Crippen LogP contribution is -2.43. The van der Waals surface area contributed by atoms with E-state index >= 15 is 0 Å². The molecule has 1 N–H and O–H groups in total. The van der Waals surface area contributed by atoms with Gasteiger partial charge in [0.15, 0.2) is 6.61 Å². The highest BCUT2D eigenvalue weighted by Gasteiger charge is 2.42. The lowest BCUT2D eigenvalue weighted by molar-refractivity contribution is -0.184. The van der Waals surface area contributed by atoms with Gasteiger partial charge in [0, 0.05) is 6.04 Å². The summed E-state index contributed by atoms with van der Waals surface area (Å²) in [5, 5.41) is 2.56. The maximum atomic E-state index is 12.9. The van der Waals surface area contributed by atoms with Gasteiger partial charge in [0.1, 0.15) is 11.6 Å². The predicted octanol–water partition coefficient (Wildman–Crippen LogP) is 4.10. The van der Waals surface area contributed by atoms with Crippen molar-refractivity contribution >= 4 is 17.5 Å². The van der Waals surface area contributed by atoms with Gasteiger partial charge in [0.2, 0.25) is 0 Å². The van der Waals surface area contributed by atoms with Crippen molar-refractivity contribution < 1.29 is 27.1 Å². The molecular weight excluding hydrogens is 338 g/mol. The molecule has 0 unspecified atom stereocenters. The van der Waals surface area contributed by atoms with Gasteiger partial charge in [0.05, 0.1) is 10.9 Å². The van der Waals surface area contributed by atoms with Crippen molar-refractivity contribution in [2.45, 2.75) is 37.9 Å². The number of nitrogens with one attached hydrogen (secondary N) is 1. The van der Waals surface area contributed by atoms with Crippen molar-refractivity contribution in [3.8, 4) is 5.75 Å². The van der Waals surface area contributed by atoms with Gasteiger partial charge in [-0.2, -0.15) is 13.2 Å². The first kappa shape index (κ1) is 17.8. The summed E-state index contributed by atoms with van der Waals surface area (Å²) in [5.74, 6) is -2.31. The van der Waals surface area contributed by atoms with Crippen LogP contribution >= 0.6 is 11.6 Å². The molecule has 0 saturated heterocycles. The summed E-state index contributed by atoms with van der Waals surface area (Å²) in [5.41, 5.74) is 0. The summed E-state index contributed by atoms with van der Waals surface area (Å²) in [6, 6.07) is 2.94. The van der Waals surface area contributed by atoms with Gasteiger partial charge < -0.3 is 10.1 Å². The Morgan fingerprint density at radius 2 is 2.09 bits per heavy atom. The molecule has 0 bridgehead atoms. The van der Waals surface area contributed by atoms with Gasteiger partial charge >= 0.3 is 6.18 Å². The molecule has 0 aromatic heterocycles. The molecule has 1 aliphatic carbocycles. The maximum absolute atomic E-state index is 12.9. The van der Waals surface area contributed by atoms with Gasteiger partial charge in [-0.05, 0) is 37.5 Å².